The summed E-state index contributed by atoms with van der Waals surface area (Å²) in [4.78, 5) is 19.9. The van der Waals surface area contributed by atoms with E-state index in [2.05, 4.69) is 10.2 Å². The molecule has 1 N–H and O–H groups in total. The molecule has 0 bridgehead atoms. The number of nitrogens with one attached hydrogen (secondary N) is 1. The highest BCUT2D eigenvalue weighted by Crippen LogP contribution is 2.29. The van der Waals surface area contributed by atoms with E-state index in [0.29, 0.717) is 0 Å². The molecule has 0 unspecified atom stereocenters. The van der Waals surface area contributed by atoms with Crippen LogP contribution < -0.4 is 10.2 Å². The molecule has 26 heavy (non-hydrogen) atoms. The van der Waals surface area contributed by atoms with Crippen LogP contribution in [0.3, 0.4) is 0 Å². The van der Waals surface area contributed by atoms with Crippen LogP contribution in [0.1, 0.15) is 22.5 Å². The largest absolute Gasteiger partial charge is 0.348 e. The Bertz CT molecular complexity index is 869. The number of carbonyl (C=O) groups is 1. The van der Waals surface area contributed by atoms with Crippen molar-refractivity contribution in [1.82, 2.24) is 10.3 Å². The molecule has 0 spiro atoms. The first-order chi connectivity index (χ1) is 12.7. The number of anilines is 1. The molecule has 3 aromatic rings. The minimum atomic E-state index is -0.240. The molecular weight excluding hydrogens is 369 g/mol. The number of nitrogens with zero attached hydrogens (tertiary/aromatic N) is 2. The molecule has 7 heteroatoms. The highest BCUT2D eigenvalue weighted by molar-refractivity contribution is 7.14. The lowest BCUT2D eigenvalue weighted by molar-refractivity contribution is 0.0935. The molecule has 134 valence electrons. The predicted octanol–water partition coefficient (Wildman–Crippen LogP) is 4.41. The van der Waals surface area contributed by atoms with Crippen molar-refractivity contribution < 1.29 is 9.18 Å². The smallest absolute Gasteiger partial charge is 0.261 e. The van der Waals surface area contributed by atoms with E-state index in [0.717, 1.165) is 47.2 Å². The maximum absolute atomic E-state index is 13.1. The number of piperidine rings is 1. The van der Waals surface area contributed by atoms with Crippen LogP contribution >= 0.6 is 22.7 Å². The van der Waals surface area contributed by atoms with Crippen molar-refractivity contribution in [1.29, 1.82) is 0 Å². The van der Waals surface area contributed by atoms with Gasteiger partial charge in [-0.05, 0) is 48.6 Å². The zero-order valence-corrected chi connectivity index (χ0v) is 15.7. The van der Waals surface area contributed by atoms with Crippen molar-refractivity contribution in [2.45, 2.75) is 18.9 Å². The molecule has 2 aromatic heterocycles. The number of amides is 1. The van der Waals surface area contributed by atoms with Crippen LogP contribution in [0.4, 0.5) is 9.52 Å². The Kier molecular flexibility index (Phi) is 4.99. The second-order valence-corrected chi connectivity index (χ2v) is 8.02. The summed E-state index contributed by atoms with van der Waals surface area (Å²) in [6.07, 6.45) is 1.81. The lowest BCUT2D eigenvalue weighted by atomic mass is 10.1. The summed E-state index contributed by atoms with van der Waals surface area (Å²) in [7, 11) is 0. The van der Waals surface area contributed by atoms with Gasteiger partial charge in [0.2, 0.25) is 0 Å². The van der Waals surface area contributed by atoms with Gasteiger partial charge in [-0.1, -0.05) is 6.07 Å². The third kappa shape index (κ3) is 3.78. The number of rotatable bonds is 4. The van der Waals surface area contributed by atoms with Gasteiger partial charge in [-0.25, -0.2) is 9.37 Å². The molecule has 0 radical (unpaired) electrons. The van der Waals surface area contributed by atoms with E-state index < -0.39 is 0 Å². The molecule has 1 fully saturated rings. The van der Waals surface area contributed by atoms with Crippen molar-refractivity contribution in [3.63, 3.8) is 0 Å². The summed E-state index contributed by atoms with van der Waals surface area (Å²) >= 11 is 3.07. The highest BCUT2D eigenvalue weighted by Gasteiger charge is 2.23. The molecule has 1 aromatic carbocycles. The topological polar surface area (TPSA) is 45.2 Å². The van der Waals surface area contributed by atoms with E-state index in [4.69, 9.17) is 4.98 Å². The maximum atomic E-state index is 13.1. The number of aromatic nitrogens is 1. The Morgan fingerprint density at radius 2 is 1.92 bits per heavy atom. The number of thiophene rings is 1. The average Bonchev–Trinajstić information content (AvgIpc) is 3.35. The molecule has 1 aliphatic heterocycles. The maximum Gasteiger partial charge on any atom is 0.261 e. The normalized spacial score (nSPS) is 15.2. The Morgan fingerprint density at radius 1 is 1.15 bits per heavy atom. The van der Waals surface area contributed by atoms with Gasteiger partial charge in [0.25, 0.3) is 5.91 Å². The molecule has 1 saturated heterocycles. The fourth-order valence-corrected chi connectivity index (χ4v) is 4.56. The Balaban J connectivity index is 1.35. The molecule has 0 saturated carbocycles. The standard InChI is InChI=1S/C19H18FN3OS2/c20-14-5-3-13(4-6-14)16-12-26-19(22-16)23-9-7-15(8-10-23)21-18(24)17-2-1-11-25-17/h1-6,11-12,15H,7-10H2,(H,21,24). The van der Waals surface area contributed by atoms with E-state index >= 15 is 0 Å². The summed E-state index contributed by atoms with van der Waals surface area (Å²) in [5.41, 5.74) is 1.80. The summed E-state index contributed by atoms with van der Waals surface area (Å²) in [5.74, 6) is -0.220. The number of carbonyl (C=O) groups excluding carboxylic acids is 1. The van der Waals surface area contributed by atoms with Crippen LogP contribution in [0.15, 0.2) is 47.2 Å². The minimum Gasteiger partial charge on any atom is -0.348 e. The van der Waals surface area contributed by atoms with Gasteiger partial charge in [0.05, 0.1) is 10.6 Å². The second kappa shape index (κ2) is 7.55. The van der Waals surface area contributed by atoms with Crippen molar-refractivity contribution in [3.8, 4) is 11.3 Å². The van der Waals surface area contributed by atoms with E-state index in [1.165, 1.54) is 23.5 Å². The summed E-state index contributed by atoms with van der Waals surface area (Å²) in [5, 5.41) is 8.02. The van der Waals surface area contributed by atoms with Gasteiger partial charge in [-0.3, -0.25) is 4.79 Å². The SMILES string of the molecule is O=C(NC1CCN(c2nc(-c3ccc(F)cc3)cs2)CC1)c1cccs1. The van der Waals surface area contributed by atoms with Gasteiger partial charge in [-0.15, -0.1) is 22.7 Å². The monoisotopic (exact) mass is 387 g/mol. The van der Waals surface area contributed by atoms with Crippen LogP contribution in [-0.4, -0.2) is 30.0 Å². The number of thiazole rings is 1. The van der Waals surface area contributed by atoms with Gasteiger partial charge in [-0.2, -0.15) is 0 Å². The first-order valence-corrected chi connectivity index (χ1v) is 10.3. The van der Waals surface area contributed by atoms with E-state index in [1.54, 1.807) is 23.5 Å². The lowest BCUT2D eigenvalue weighted by Crippen LogP contribution is -2.44. The number of benzene rings is 1. The number of hydrogen-bond acceptors (Lipinski definition) is 5. The van der Waals surface area contributed by atoms with Gasteiger partial charge in [0, 0.05) is 30.1 Å². The van der Waals surface area contributed by atoms with E-state index in [1.807, 2.05) is 22.9 Å². The minimum absolute atomic E-state index is 0.0197. The molecule has 0 aliphatic carbocycles. The highest BCUT2D eigenvalue weighted by atomic mass is 32.1. The molecule has 1 aliphatic rings. The number of halogens is 1. The Labute approximate surface area is 159 Å². The quantitative estimate of drug-likeness (QED) is 0.721. The van der Waals surface area contributed by atoms with E-state index in [-0.39, 0.29) is 17.8 Å². The summed E-state index contributed by atoms with van der Waals surface area (Å²) in [6.45, 7) is 1.73. The van der Waals surface area contributed by atoms with Crippen LogP contribution in [0.2, 0.25) is 0 Å². The fourth-order valence-electron chi connectivity index (χ4n) is 3.04. The van der Waals surface area contributed by atoms with Crippen molar-refractivity contribution >= 4 is 33.7 Å². The third-order valence-corrected chi connectivity index (χ3v) is 6.25. The van der Waals surface area contributed by atoms with Gasteiger partial charge >= 0.3 is 0 Å². The fraction of sp³-hybridized carbons (Fsp3) is 0.263. The first-order valence-electron chi connectivity index (χ1n) is 8.50. The zero-order valence-electron chi connectivity index (χ0n) is 14.0. The first kappa shape index (κ1) is 17.2. The summed E-state index contributed by atoms with van der Waals surface area (Å²) in [6, 6.07) is 10.4. The Hall–Kier alpha value is -2.25. The van der Waals surface area contributed by atoms with Crippen molar-refractivity contribution in [3.05, 3.63) is 57.9 Å². The van der Waals surface area contributed by atoms with E-state index in [9.17, 15) is 9.18 Å². The molecular formula is C19H18FN3OS2. The van der Waals surface area contributed by atoms with Gasteiger partial charge in [0.1, 0.15) is 5.82 Å². The van der Waals surface area contributed by atoms with Crippen LogP contribution in [0.25, 0.3) is 11.3 Å². The summed E-state index contributed by atoms with van der Waals surface area (Å²) < 4.78 is 13.1. The third-order valence-electron chi connectivity index (χ3n) is 4.48. The van der Waals surface area contributed by atoms with Crippen LogP contribution in [0.5, 0.6) is 0 Å². The second-order valence-electron chi connectivity index (χ2n) is 6.23. The molecule has 4 nitrogen and oxygen atoms in total. The van der Waals surface area contributed by atoms with Crippen molar-refractivity contribution in [2.75, 3.05) is 18.0 Å². The van der Waals surface area contributed by atoms with Crippen molar-refractivity contribution in [2.24, 2.45) is 0 Å². The lowest BCUT2D eigenvalue weighted by Gasteiger charge is -2.32. The molecule has 3 heterocycles. The molecule has 4 rings (SSSR count). The van der Waals surface area contributed by atoms with Gasteiger partial charge < -0.3 is 10.2 Å². The number of hydrogen-bond donors (Lipinski definition) is 1. The van der Waals surface area contributed by atoms with Gasteiger partial charge in [0.15, 0.2) is 5.13 Å². The van der Waals surface area contributed by atoms with Crippen LogP contribution in [-0.2, 0) is 0 Å². The molecule has 0 atom stereocenters. The molecule has 1 amide bonds. The average molecular weight is 388 g/mol. The van der Waals surface area contributed by atoms with Crippen LogP contribution in [0, 0.1) is 5.82 Å². The predicted molar refractivity (Wildman–Crippen MR) is 105 cm³/mol. The Morgan fingerprint density at radius 3 is 2.62 bits per heavy atom. The zero-order chi connectivity index (χ0) is 17.9.